The minimum Gasteiger partial charge on any atom is -0.332 e. The van der Waals surface area contributed by atoms with Gasteiger partial charge in [-0.2, -0.15) is 0 Å². The number of thioether (sulfide) groups is 1. The zero-order chi connectivity index (χ0) is 18.1. The van der Waals surface area contributed by atoms with Gasteiger partial charge in [-0.15, -0.1) is 21.5 Å². The lowest BCUT2D eigenvalue weighted by Crippen LogP contribution is -3.14. The summed E-state index contributed by atoms with van der Waals surface area (Å²) in [5.74, 6) is 1.18. The average molecular weight is 393 g/mol. The number of carbonyl (C=O) groups is 1. The third kappa shape index (κ3) is 3.68. The van der Waals surface area contributed by atoms with E-state index in [1.54, 1.807) is 28.0 Å². The number of likely N-dealkylation sites (N-methyl/N-ethyl adjacent to an activating group) is 1. The van der Waals surface area contributed by atoms with E-state index in [9.17, 15) is 4.79 Å². The Bertz CT molecular complexity index is 748. The van der Waals surface area contributed by atoms with Crippen LogP contribution >= 0.6 is 23.1 Å². The highest BCUT2D eigenvalue weighted by molar-refractivity contribution is 8.00. The molecule has 1 saturated heterocycles. The minimum absolute atomic E-state index is 0.129. The van der Waals surface area contributed by atoms with E-state index >= 15 is 0 Å². The van der Waals surface area contributed by atoms with Crippen LogP contribution in [0.3, 0.4) is 0 Å². The quantitative estimate of drug-likeness (QED) is 0.758. The maximum atomic E-state index is 12.9. The molecule has 8 heteroatoms. The maximum absolute atomic E-state index is 12.9. The first-order valence-corrected chi connectivity index (χ1v) is 11.2. The van der Waals surface area contributed by atoms with Gasteiger partial charge in [0.15, 0.2) is 11.0 Å². The van der Waals surface area contributed by atoms with Crippen molar-refractivity contribution in [1.29, 1.82) is 0 Å². The highest BCUT2D eigenvalue weighted by atomic mass is 32.2. The molecule has 1 saturated carbocycles. The molecule has 2 aromatic rings. The lowest BCUT2D eigenvalue weighted by molar-refractivity contribution is -0.902. The second-order valence-electron chi connectivity index (χ2n) is 7.07. The second kappa shape index (κ2) is 7.70. The fourth-order valence-electron chi connectivity index (χ4n) is 3.46. The zero-order valence-corrected chi connectivity index (χ0v) is 17.0. The standard InChI is InChI=1S/C18H25N5OS2/c1-3-21-8-10-22(11-9-21)17(24)13(2)26-18-20-19-16(15-5-4-12-25-15)23(18)14-6-7-14/h4-5,12-14H,3,6-11H2,1-2H3/p+1/t13-/m1/s1. The lowest BCUT2D eigenvalue weighted by Gasteiger charge is -2.32. The largest absolute Gasteiger partial charge is 0.332 e. The molecule has 4 rings (SSSR count). The Balaban J connectivity index is 1.46. The maximum Gasteiger partial charge on any atom is 0.236 e. The summed E-state index contributed by atoms with van der Waals surface area (Å²) in [4.78, 5) is 17.6. The number of hydrogen-bond donors (Lipinski definition) is 1. The normalized spacial score (nSPS) is 19.7. The summed E-state index contributed by atoms with van der Waals surface area (Å²) in [5.41, 5.74) is 0. The molecule has 2 aliphatic rings. The Morgan fingerprint density at radius 1 is 1.38 bits per heavy atom. The molecule has 1 N–H and O–H groups in total. The molecule has 6 nitrogen and oxygen atoms in total. The smallest absolute Gasteiger partial charge is 0.236 e. The predicted octanol–water partition coefficient (Wildman–Crippen LogP) is 1.57. The molecule has 1 amide bonds. The van der Waals surface area contributed by atoms with Gasteiger partial charge in [0.05, 0.1) is 42.9 Å². The molecule has 140 valence electrons. The molecule has 0 radical (unpaired) electrons. The van der Waals surface area contributed by atoms with E-state index in [0.29, 0.717) is 6.04 Å². The van der Waals surface area contributed by atoms with Gasteiger partial charge < -0.3 is 9.80 Å². The summed E-state index contributed by atoms with van der Waals surface area (Å²) < 4.78 is 2.25. The van der Waals surface area contributed by atoms with Crippen LogP contribution in [0.4, 0.5) is 0 Å². The highest BCUT2D eigenvalue weighted by Gasteiger charge is 2.33. The molecule has 0 spiro atoms. The number of quaternary nitrogens is 1. The van der Waals surface area contributed by atoms with E-state index in [1.165, 1.54) is 12.8 Å². The van der Waals surface area contributed by atoms with Crippen LogP contribution in [-0.4, -0.2) is 63.5 Å². The molecule has 0 aromatic carbocycles. The van der Waals surface area contributed by atoms with Crippen LogP contribution in [0.15, 0.2) is 22.7 Å². The Morgan fingerprint density at radius 2 is 2.15 bits per heavy atom. The molecular weight excluding hydrogens is 366 g/mol. The third-order valence-corrected chi connectivity index (χ3v) is 7.14. The van der Waals surface area contributed by atoms with E-state index in [4.69, 9.17) is 0 Å². The topological polar surface area (TPSA) is 55.5 Å². The van der Waals surface area contributed by atoms with Gasteiger partial charge >= 0.3 is 0 Å². The summed E-state index contributed by atoms with van der Waals surface area (Å²) in [7, 11) is 0. The Morgan fingerprint density at radius 3 is 2.77 bits per heavy atom. The molecule has 0 unspecified atom stereocenters. The highest BCUT2D eigenvalue weighted by Crippen LogP contribution is 2.42. The van der Waals surface area contributed by atoms with Gasteiger partial charge in [0, 0.05) is 6.04 Å². The number of amides is 1. The molecule has 2 aromatic heterocycles. The number of piperazine rings is 1. The fourth-order valence-corrected chi connectivity index (χ4v) is 5.16. The van der Waals surface area contributed by atoms with E-state index < -0.39 is 0 Å². The van der Waals surface area contributed by atoms with Crippen LogP contribution in [0.1, 0.15) is 32.7 Å². The average Bonchev–Trinajstić information content (AvgIpc) is 3.19. The van der Waals surface area contributed by atoms with E-state index in [2.05, 4.69) is 33.1 Å². The first-order valence-electron chi connectivity index (χ1n) is 9.45. The van der Waals surface area contributed by atoms with Gasteiger partial charge in [-0.25, -0.2) is 0 Å². The number of carbonyl (C=O) groups excluding carboxylic acids is 1. The number of hydrogen-bond acceptors (Lipinski definition) is 5. The van der Waals surface area contributed by atoms with E-state index in [-0.39, 0.29) is 11.2 Å². The van der Waals surface area contributed by atoms with Crippen molar-refractivity contribution in [2.24, 2.45) is 0 Å². The van der Waals surface area contributed by atoms with Crippen molar-refractivity contribution in [3.05, 3.63) is 17.5 Å². The van der Waals surface area contributed by atoms with E-state index in [0.717, 1.165) is 48.6 Å². The number of nitrogens with one attached hydrogen (secondary N) is 1. The van der Waals surface area contributed by atoms with Crippen molar-refractivity contribution in [3.8, 4) is 10.7 Å². The van der Waals surface area contributed by atoms with Crippen LogP contribution in [-0.2, 0) is 4.79 Å². The van der Waals surface area contributed by atoms with Crippen molar-refractivity contribution in [2.45, 2.75) is 43.1 Å². The van der Waals surface area contributed by atoms with Crippen molar-refractivity contribution in [2.75, 3.05) is 32.7 Å². The summed E-state index contributed by atoms with van der Waals surface area (Å²) in [6.45, 7) is 9.19. The van der Waals surface area contributed by atoms with Crippen molar-refractivity contribution in [1.82, 2.24) is 19.7 Å². The Hall–Kier alpha value is -1.38. The second-order valence-corrected chi connectivity index (χ2v) is 9.33. The Kier molecular flexibility index (Phi) is 5.33. The molecule has 1 aliphatic carbocycles. The van der Waals surface area contributed by atoms with Crippen LogP contribution in [0.5, 0.6) is 0 Å². The van der Waals surface area contributed by atoms with Crippen LogP contribution in [0.25, 0.3) is 10.7 Å². The molecule has 3 heterocycles. The number of nitrogens with zero attached hydrogens (tertiary/aromatic N) is 4. The van der Waals surface area contributed by atoms with Crippen molar-refractivity contribution < 1.29 is 9.69 Å². The predicted molar refractivity (Wildman–Crippen MR) is 105 cm³/mol. The Labute approximate surface area is 162 Å². The summed E-state index contributed by atoms with van der Waals surface area (Å²) in [6, 6.07) is 4.62. The van der Waals surface area contributed by atoms with Gasteiger partial charge in [-0.1, -0.05) is 17.8 Å². The first kappa shape index (κ1) is 18.0. The van der Waals surface area contributed by atoms with Crippen molar-refractivity contribution in [3.63, 3.8) is 0 Å². The van der Waals surface area contributed by atoms with Gasteiger partial charge in [0.25, 0.3) is 0 Å². The van der Waals surface area contributed by atoms with Gasteiger partial charge in [-0.3, -0.25) is 9.36 Å². The van der Waals surface area contributed by atoms with Gasteiger partial charge in [0.2, 0.25) is 5.91 Å². The van der Waals surface area contributed by atoms with Crippen LogP contribution in [0.2, 0.25) is 0 Å². The molecule has 26 heavy (non-hydrogen) atoms. The van der Waals surface area contributed by atoms with Gasteiger partial charge in [0.1, 0.15) is 0 Å². The molecule has 1 atom stereocenters. The van der Waals surface area contributed by atoms with Gasteiger partial charge in [-0.05, 0) is 38.1 Å². The van der Waals surface area contributed by atoms with Crippen LogP contribution in [0, 0.1) is 0 Å². The SMILES string of the molecule is CC[NH+]1CCN(C(=O)[C@@H](C)Sc2nnc(-c3cccs3)n2C2CC2)CC1. The monoisotopic (exact) mass is 392 g/mol. The minimum atomic E-state index is -0.129. The number of aromatic nitrogens is 3. The summed E-state index contributed by atoms with van der Waals surface area (Å²) >= 11 is 3.25. The fraction of sp³-hybridized carbons (Fsp3) is 0.611. The summed E-state index contributed by atoms with van der Waals surface area (Å²) in [6.07, 6.45) is 2.35. The van der Waals surface area contributed by atoms with E-state index in [1.807, 2.05) is 17.9 Å². The van der Waals surface area contributed by atoms with Crippen molar-refractivity contribution >= 4 is 29.0 Å². The molecular formula is C18H26N5OS2+. The first-order chi connectivity index (χ1) is 12.7. The third-order valence-electron chi connectivity index (χ3n) is 5.23. The molecule has 0 bridgehead atoms. The molecule has 1 aliphatic heterocycles. The number of thiophene rings is 1. The lowest BCUT2D eigenvalue weighted by atomic mass is 10.3. The number of rotatable bonds is 6. The summed E-state index contributed by atoms with van der Waals surface area (Å²) in [5, 5.41) is 11.7. The molecule has 2 fully saturated rings. The zero-order valence-electron chi connectivity index (χ0n) is 15.4. The van der Waals surface area contributed by atoms with Crippen LogP contribution < -0.4 is 4.90 Å².